The highest BCUT2D eigenvalue weighted by Gasteiger charge is 2.30. The number of benzene rings is 1. The minimum absolute atomic E-state index is 0.101. The first kappa shape index (κ1) is 19.5. The molecular weight excluding hydrogens is 396 g/mol. The zero-order valence-electron chi connectivity index (χ0n) is 17.1. The van der Waals surface area contributed by atoms with Crippen LogP contribution in [0.4, 0.5) is 4.79 Å². The lowest BCUT2D eigenvalue weighted by Gasteiger charge is -2.32. The molecule has 9 heteroatoms. The Hall–Kier alpha value is -3.49. The van der Waals surface area contributed by atoms with Crippen LogP contribution in [0.15, 0.2) is 40.9 Å². The minimum atomic E-state index is -0.438. The van der Waals surface area contributed by atoms with Crippen LogP contribution in [0.3, 0.4) is 0 Å². The zero-order chi connectivity index (χ0) is 21.2. The van der Waals surface area contributed by atoms with Crippen molar-refractivity contribution in [2.75, 3.05) is 19.6 Å². The summed E-state index contributed by atoms with van der Waals surface area (Å²) in [6.45, 7) is 1.84. The van der Waals surface area contributed by atoms with Crippen molar-refractivity contribution < 1.29 is 14.1 Å². The van der Waals surface area contributed by atoms with Crippen molar-refractivity contribution in [1.82, 2.24) is 30.7 Å². The summed E-state index contributed by atoms with van der Waals surface area (Å²) in [5.74, 6) is 1.06. The van der Waals surface area contributed by atoms with Crippen LogP contribution in [0, 0.1) is 0 Å². The summed E-state index contributed by atoms with van der Waals surface area (Å²) in [6.07, 6.45) is 3.03. The normalized spacial score (nSPS) is 19.9. The van der Waals surface area contributed by atoms with Gasteiger partial charge in [0.25, 0.3) is 0 Å². The highest BCUT2D eigenvalue weighted by atomic mass is 16.5. The molecule has 0 spiro atoms. The van der Waals surface area contributed by atoms with Gasteiger partial charge in [0.05, 0.1) is 5.52 Å². The largest absolute Gasteiger partial charge is 0.354 e. The summed E-state index contributed by atoms with van der Waals surface area (Å²) in [5, 5.41) is 10.8. The first-order valence-electron chi connectivity index (χ1n) is 10.7. The quantitative estimate of drug-likeness (QED) is 0.673. The fourth-order valence-electron chi connectivity index (χ4n) is 4.18. The van der Waals surface area contributed by atoms with E-state index in [0.29, 0.717) is 43.5 Å². The molecular formula is C22H24N6O3. The molecule has 0 saturated carbocycles. The van der Waals surface area contributed by atoms with Crippen LogP contribution in [0.25, 0.3) is 22.4 Å². The highest BCUT2D eigenvalue weighted by Crippen LogP contribution is 2.28. The van der Waals surface area contributed by atoms with Gasteiger partial charge in [-0.3, -0.25) is 4.79 Å². The number of amides is 3. The van der Waals surface area contributed by atoms with Crippen LogP contribution in [0.5, 0.6) is 0 Å². The van der Waals surface area contributed by atoms with E-state index in [0.717, 1.165) is 30.2 Å². The first-order valence-corrected chi connectivity index (χ1v) is 10.7. The first-order chi connectivity index (χ1) is 15.2. The average Bonchev–Trinajstić information content (AvgIpc) is 3.31. The van der Waals surface area contributed by atoms with Crippen molar-refractivity contribution in [1.29, 1.82) is 0 Å². The molecule has 160 valence electrons. The van der Waals surface area contributed by atoms with Crippen LogP contribution in [-0.2, 0) is 4.79 Å². The van der Waals surface area contributed by atoms with Gasteiger partial charge >= 0.3 is 6.03 Å². The third-order valence-electron chi connectivity index (χ3n) is 5.98. The highest BCUT2D eigenvalue weighted by molar-refractivity contribution is 5.87. The Morgan fingerprint density at radius 1 is 1.10 bits per heavy atom. The number of hydrogen-bond acceptors (Lipinski definition) is 6. The SMILES string of the molecule is O=C1NCCCC1NC(=O)N1CCC(c2nc(-c3ccc4ccccc4n3)no2)CC1. The summed E-state index contributed by atoms with van der Waals surface area (Å²) in [7, 11) is 0. The Morgan fingerprint density at radius 3 is 2.77 bits per heavy atom. The summed E-state index contributed by atoms with van der Waals surface area (Å²) in [6, 6.07) is 11.2. The lowest BCUT2D eigenvalue weighted by Crippen LogP contribution is -2.54. The third-order valence-corrected chi connectivity index (χ3v) is 5.98. The maximum Gasteiger partial charge on any atom is 0.318 e. The van der Waals surface area contributed by atoms with Gasteiger partial charge in [0, 0.05) is 30.9 Å². The Labute approximate surface area is 179 Å². The Morgan fingerprint density at radius 2 is 1.94 bits per heavy atom. The Balaban J connectivity index is 1.20. The molecule has 0 bridgehead atoms. The average molecular weight is 420 g/mol. The van der Waals surface area contributed by atoms with E-state index in [2.05, 4.69) is 25.8 Å². The van der Waals surface area contributed by atoms with Gasteiger partial charge in [-0.25, -0.2) is 9.78 Å². The number of fused-ring (bicyclic) bond motifs is 1. The smallest absolute Gasteiger partial charge is 0.318 e. The fourth-order valence-corrected chi connectivity index (χ4v) is 4.18. The van der Waals surface area contributed by atoms with Gasteiger partial charge in [0.15, 0.2) is 0 Å². The van der Waals surface area contributed by atoms with Crippen LogP contribution >= 0.6 is 0 Å². The van der Waals surface area contributed by atoms with Crippen molar-refractivity contribution in [2.24, 2.45) is 0 Å². The zero-order valence-corrected chi connectivity index (χ0v) is 17.1. The van der Waals surface area contributed by atoms with E-state index in [1.54, 1.807) is 4.90 Å². The standard InChI is InChI=1S/C22H24N6O3/c29-20-18(6-3-11-23-20)25-22(30)28-12-9-15(10-13-28)21-26-19(27-31-21)17-8-7-14-4-1-2-5-16(14)24-17/h1-2,4-5,7-8,15,18H,3,6,9-13H2,(H,23,29)(H,25,30). The third kappa shape index (κ3) is 4.08. The number of pyridine rings is 1. The lowest BCUT2D eigenvalue weighted by molar-refractivity contribution is -0.124. The molecule has 2 aliphatic rings. The molecule has 2 aromatic heterocycles. The van der Waals surface area contributed by atoms with Gasteiger partial charge in [-0.2, -0.15) is 4.98 Å². The molecule has 3 amide bonds. The number of piperidine rings is 2. The number of nitrogens with zero attached hydrogens (tertiary/aromatic N) is 4. The van der Waals surface area contributed by atoms with Crippen LogP contribution in [0.2, 0.25) is 0 Å². The minimum Gasteiger partial charge on any atom is -0.354 e. The lowest BCUT2D eigenvalue weighted by atomic mass is 9.97. The Bertz CT molecular complexity index is 1110. The number of rotatable bonds is 3. The molecule has 5 rings (SSSR count). The topological polar surface area (TPSA) is 113 Å². The summed E-state index contributed by atoms with van der Waals surface area (Å²) in [5.41, 5.74) is 1.56. The number of urea groups is 1. The van der Waals surface area contributed by atoms with Crippen molar-refractivity contribution in [3.63, 3.8) is 0 Å². The van der Waals surface area contributed by atoms with Gasteiger partial charge in [0.2, 0.25) is 17.6 Å². The molecule has 2 fully saturated rings. The number of hydrogen-bond donors (Lipinski definition) is 2. The molecule has 1 atom stereocenters. The number of likely N-dealkylation sites (tertiary alicyclic amines) is 1. The van der Waals surface area contributed by atoms with E-state index in [-0.39, 0.29) is 17.9 Å². The maximum absolute atomic E-state index is 12.5. The number of nitrogens with one attached hydrogen (secondary N) is 2. The monoisotopic (exact) mass is 420 g/mol. The molecule has 0 aliphatic carbocycles. The van der Waals surface area contributed by atoms with Crippen molar-refractivity contribution >= 4 is 22.8 Å². The molecule has 1 unspecified atom stereocenters. The van der Waals surface area contributed by atoms with E-state index >= 15 is 0 Å². The molecule has 2 saturated heterocycles. The number of carbonyl (C=O) groups is 2. The van der Waals surface area contributed by atoms with Gasteiger partial charge in [-0.15, -0.1) is 0 Å². The number of para-hydroxylation sites is 1. The summed E-state index contributed by atoms with van der Waals surface area (Å²) < 4.78 is 5.53. The Kier molecular flexibility index (Phi) is 5.23. The van der Waals surface area contributed by atoms with Crippen molar-refractivity contribution in [2.45, 2.75) is 37.6 Å². The van der Waals surface area contributed by atoms with Crippen molar-refractivity contribution in [3.8, 4) is 11.5 Å². The molecule has 0 radical (unpaired) electrons. The maximum atomic E-state index is 12.5. The van der Waals surface area contributed by atoms with Gasteiger partial charge < -0.3 is 20.1 Å². The number of aromatic nitrogens is 3. The molecule has 9 nitrogen and oxygen atoms in total. The molecule has 1 aromatic carbocycles. The van der Waals surface area contributed by atoms with E-state index in [9.17, 15) is 9.59 Å². The predicted octanol–water partition coefficient (Wildman–Crippen LogP) is 2.45. The van der Waals surface area contributed by atoms with E-state index in [1.165, 1.54) is 0 Å². The van der Waals surface area contributed by atoms with Gasteiger partial charge in [-0.1, -0.05) is 29.4 Å². The molecule has 31 heavy (non-hydrogen) atoms. The number of carbonyl (C=O) groups excluding carboxylic acids is 2. The summed E-state index contributed by atoms with van der Waals surface area (Å²) in [4.78, 5) is 35.3. The molecule has 3 aromatic rings. The van der Waals surface area contributed by atoms with E-state index in [1.807, 2.05) is 36.4 Å². The van der Waals surface area contributed by atoms with Gasteiger partial charge in [-0.05, 0) is 37.8 Å². The molecule has 4 heterocycles. The second kappa shape index (κ2) is 8.33. The second-order valence-corrected chi connectivity index (χ2v) is 8.04. The van der Waals surface area contributed by atoms with Crippen LogP contribution < -0.4 is 10.6 Å². The molecule has 2 N–H and O–H groups in total. The van der Waals surface area contributed by atoms with E-state index in [4.69, 9.17) is 4.52 Å². The second-order valence-electron chi connectivity index (χ2n) is 8.04. The van der Waals surface area contributed by atoms with Crippen LogP contribution in [-0.4, -0.2) is 57.6 Å². The van der Waals surface area contributed by atoms with E-state index < -0.39 is 6.04 Å². The van der Waals surface area contributed by atoms with Crippen molar-refractivity contribution in [3.05, 3.63) is 42.3 Å². The predicted molar refractivity (Wildman–Crippen MR) is 113 cm³/mol. The summed E-state index contributed by atoms with van der Waals surface area (Å²) >= 11 is 0. The van der Waals surface area contributed by atoms with Crippen LogP contribution in [0.1, 0.15) is 37.5 Å². The fraction of sp³-hybridized carbons (Fsp3) is 0.409. The molecule has 2 aliphatic heterocycles. The van der Waals surface area contributed by atoms with Gasteiger partial charge in [0.1, 0.15) is 11.7 Å².